The standard InChI is InChI=1S/C13H21NOS/c1-2-4-12(9-14-11-6-7-11)15-10-13-5-3-8-16-13/h3,5,8,11-12,14H,2,4,6-7,9-10H2,1H3. The van der Waals surface area contributed by atoms with Crippen LogP contribution in [0.1, 0.15) is 37.5 Å². The molecule has 2 rings (SSSR count). The van der Waals surface area contributed by atoms with Gasteiger partial charge in [0.25, 0.3) is 0 Å². The highest BCUT2D eigenvalue weighted by Gasteiger charge is 2.21. The van der Waals surface area contributed by atoms with Gasteiger partial charge in [0, 0.05) is 17.5 Å². The summed E-state index contributed by atoms with van der Waals surface area (Å²) in [5.41, 5.74) is 0. The van der Waals surface area contributed by atoms with E-state index in [1.807, 2.05) is 0 Å². The van der Waals surface area contributed by atoms with Crippen LogP contribution in [0.5, 0.6) is 0 Å². The summed E-state index contributed by atoms with van der Waals surface area (Å²) in [4.78, 5) is 1.33. The third kappa shape index (κ3) is 4.24. The van der Waals surface area contributed by atoms with Crippen LogP contribution in [0, 0.1) is 0 Å². The first kappa shape index (κ1) is 12.1. The molecular weight excluding hydrogens is 218 g/mol. The molecule has 1 aromatic heterocycles. The van der Waals surface area contributed by atoms with Crippen molar-refractivity contribution in [3.8, 4) is 0 Å². The molecule has 1 heterocycles. The van der Waals surface area contributed by atoms with Crippen molar-refractivity contribution in [1.29, 1.82) is 0 Å². The van der Waals surface area contributed by atoms with Gasteiger partial charge in [-0.1, -0.05) is 19.4 Å². The minimum Gasteiger partial charge on any atom is -0.371 e. The van der Waals surface area contributed by atoms with Crippen LogP contribution in [0.3, 0.4) is 0 Å². The van der Waals surface area contributed by atoms with E-state index in [9.17, 15) is 0 Å². The lowest BCUT2D eigenvalue weighted by Crippen LogP contribution is -2.30. The van der Waals surface area contributed by atoms with Crippen LogP contribution in [0.4, 0.5) is 0 Å². The molecule has 1 unspecified atom stereocenters. The van der Waals surface area contributed by atoms with E-state index < -0.39 is 0 Å². The van der Waals surface area contributed by atoms with Crippen LogP contribution in [-0.4, -0.2) is 18.7 Å². The van der Waals surface area contributed by atoms with Crippen molar-refractivity contribution in [3.05, 3.63) is 22.4 Å². The van der Waals surface area contributed by atoms with Gasteiger partial charge in [-0.05, 0) is 30.7 Å². The third-order valence-corrected chi connectivity index (χ3v) is 3.71. The average molecular weight is 239 g/mol. The van der Waals surface area contributed by atoms with E-state index in [2.05, 4.69) is 29.8 Å². The first-order valence-electron chi connectivity index (χ1n) is 6.26. The Kier molecular flexibility index (Phi) is 4.82. The molecular formula is C13H21NOS. The first-order chi connectivity index (χ1) is 7.88. The molecule has 1 aromatic rings. The summed E-state index contributed by atoms with van der Waals surface area (Å²) < 4.78 is 5.95. The van der Waals surface area contributed by atoms with Gasteiger partial charge >= 0.3 is 0 Å². The second kappa shape index (κ2) is 6.38. The van der Waals surface area contributed by atoms with Gasteiger partial charge in [0.1, 0.15) is 0 Å². The van der Waals surface area contributed by atoms with Gasteiger partial charge < -0.3 is 10.1 Å². The number of ether oxygens (including phenoxy) is 1. The Morgan fingerprint density at radius 3 is 3.06 bits per heavy atom. The zero-order chi connectivity index (χ0) is 11.2. The van der Waals surface area contributed by atoms with Crippen molar-refractivity contribution in [2.24, 2.45) is 0 Å². The fourth-order valence-corrected chi connectivity index (χ4v) is 2.37. The van der Waals surface area contributed by atoms with E-state index in [0.717, 1.165) is 25.6 Å². The molecule has 1 aliphatic rings. The molecule has 1 N–H and O–H groups in total. The van der Waals surface area contributed by atoms with E-state index in [0.29, 0.717) is 6.10 Å². The average Bonchev–Trinajstić information content (AvgIpc) is 2.97. The van der Waals surface area contributed by atoms with Crippen molar-refractivity contribution < 1.29 is 4.74 Å². The van der Waals surface area contributed by atoms with Gasteiger partial charge in [0.05, 0.1) is 12.7 Å². The molecule has 1 saturated carbocycles. The SMILES string of the molecule is CCCC(CNC1CC1)OCc1cccs1. The fourth-order valence-electron chi connectivity index (χ4n) is 1.75. The van der Waals surface area contributed by atoms with Gasteiger partial charge in [0.15, 0.2) is 0 Å². The van der Waals surface area contributed by atoms with Crippen molar-refractivity contribution in [3.63, 3.8) is 0 Å². The zero-order valence-electron chi connectivity index (χ0n) is 9.95. The van der Waals surface area contributed by atoms with Gasteiger partial charge in [0.2, 0.25) is 0 Å². The molecule has 0 spiro atoms. The first-order valence-corrected chi connectivity index (χ1v) is 7.14. The van der Waals surface area contributed by atoms with Crippen LogP contribution >= 0.6 is 11.3 Å². The van der Waals surface area contributed by atoms with E-state index in [1.54, 1.807) is 11.3 Å². The lowest BCUT2D eigenvalue weighted by molar-refractivity contribution is 0.0361. The van der Waals surface area contributed by atoms with Gasteiger partial charge in [-0.15, -0.1) is 11.3 Å². The minimum absolute atomic E-state index is 0.382. The fraction of sp³-hybridized carbons (Fsp3) is 0.692. The number of hydrogen-bond donors (Lipinski definition) is 1. The van der Waals surface area contributed by atoms with Crippen molar-refractivity contribution in [2.75, 3.05) is 6.54 Å². The largest absolute Gasteiger partial charge is 0.371 e. The van der Waals surface area contributed by atoms with E-state index in [1.165, 1.54) is 24.1 Å². The van der Waals surface area contributed by atoms with Gasteiger partial charge in [-0.2, -0.15) is 0 Å². The van der Waals surface area contributed by atoms with Crippen LogP contribution in [0.15, 0.2) is 17.5 Å². The Bertz CT molecular complexity index is 282. The molecule has 0 aromatic carbocycles. The predicted octanol–water partition coefficient (Wildman–Crippen LogP) is 3.19. The van der Waals surface area contributed by atoms with E-state index in [-0.39, 0.29) is 0 Å². The molecule has 0 aliphatic heterocycles. The summed E-state index contributed by atoms with van der Waals surface area (Å²) >= 11 is 1.77. The molecule has 16 heavy (non-hydrogen) atoms. The quantitative estimate of drug-likeness (QED) is 0.752. The Morgan fingerprint density at radius 2 is 2.44 bits per heavy atom. The monoisotopic (exact) mass is 239 g/mol. The normalized spacial score (nSPS) is 17.6. The predicted molar refractivity (Wildman–Crippen MR) is 68.8 cm³/mol. The molecule has 0 saturated heterocycles. The summed E-state index contributed by atoms with van der Waals surface area (Å²) in [6.45, 7) is 4.01. The summed E-state index contributed by atoms with van der Waals surface area (Å²) in [6, 6.07) is 5.01. The molecule has 0 radical (unpaired) electrons. The molecule has 0 bridgehead atoms. The molecule has 3 heteroatoms. The Hall–Kier alpha value is -0.380. The Morgan fingerprint density at radius 1 is 1.56 bits per heavy atom. The number of rotatable bonds is 8. The Labute approximate surface area is 102 Å². The highest BCUT2D eigenvalue weighted by molar-refractivity contribution is 7.09. The lowest BCUT2D eigenvalue weighted by atomic mass is 10.2. The second-order valence-electron chi connectivity index (χ2n) is 4.48. The van der Waals surface area contributed by atoms with Gasteiger partial charge in [-0.3, -0.25) is 0 Å². The van der Waals surface area contributed by atoms with Crippen LogP contribution in [-0.2, 0) is 11.3 Å². The molecule has 1 aliphatic carbocycles. The summed E-state index contributed by atoms with van der Waals surface area (Å²) in [5, 5.41) is 5.66. The third-order valence-electron chi connectivity index (χ3n) is 2.86. The van der Waals surface area contributed by atoms with Crippen LogP contribution in [0.25, 0.3) is 0 Å². The molecule has 90 valence electrons. The molecule has 0 amide bonds. The van der Waals surface area contributed by atoms with Crippen molar-refractivity contribution in [1.82, 2.24) is 5.32 Å². The lowest BCUT2D eigenvalue weighted by Gasteiger charge is -2.17. The smallest absolute Gasteiger partial charge is 0.0813 e. The topological polar surface area (TPSA) is 21.3 Å². The van der Waals surface area contributed by atoms with Gasteiger partial charge in [-0.25, -0.2) is 0 Å². The van der Waals surface area contributed by atoms with Crippen molar-refractivity contribution >= 4 is 11.3 Å². The highest BCUT2D eigenvalue weighted by Crippen LogP contribution is 2.19. The number of nitrogens with one attached hydrogen (secondary N) is 1. The molecule has 1 atom stereocenters. The summed E-state index contributed by atoms with van der Waals surface area (Å²) in [6.07, 6.45) is 5.44. The van der Waals surface area contributed by atoms with E-state index in [4.69, 9.17) is 4.74 Å². The maximum Gasteiger partial charge on any atom is 0.0813 e. The zero-order valence-corrected chi connectivity index (χ0v) is 10.8. The van der Waals surface area contributed by atoms with Crippen LogP contribution in [0.2, 0.25) is 0 Å². The maximum atomic E-state index is 5.95. The maximum absolute atomic E-state index is 5.95. The van der Waals surface area contributed by atoms with Crippen molar-refractivity contribution in [2.45, 2.75) is 51.4 Å². The molecule has 1 fully saturated rings. The summed E-state index contributed by atoms with van der Waals surface area (Å²) in [7, 11) is 0. The summed E-state index contributed by atoms with van der Waals surface area (Å²) in [5.74, 6) is 0. The second-order valence-corrected chi connectivity index (χ2v) is 5.52. The highest BCUT2D eigenvalue weighted by atomic mass is 32.1. The van der Waals surface area contributed by atoms with Crippen LogP contribution < -0.4 is 5.32 Å². The Balaban J connectivity index is 1.68. The number of hydrogen-bond acceptors (Lipinski definition) is 3. The number of thiophene rings is 1. The van der Waals surface area contributed by atoms with E-state index >= 15 is 0 Å². The molecule has 2 nitrogen and oxygen atoms in total. The minimum atomic E-state index is 0.382.